The van der Waals surface area contributed by atoms with Gasteiger partial charge in [-0.15, -0.1) is 0 Å². The SMILES string of the molecule is O=C(CCc1c[nH]c2ccc(F)cc12)N1CCC(c2cc3c(F)cccc3[nH]2)CC1. The van der Waals surface area contributed by atoms with E-state index in [1.54, 1.807) is 12.1 Å². The van der Waals surface area contributed by atoms with Crippen molar-refractivity contribution in [1.29, 1.82) is 0 Å². The fraction of sp³-hybridized carbons (Fsp3) is 0.292. The number of piperidine rings is 1. The Labute approximate surface area is 172 Å². The smallest absolute Gasteiger partial charge is 0.222 e. The minimum atomic E-state index is -0.270. The molecule has 2 aromatic carbocycles. The number of amides is 1. The number of carbonyl (C=O) groups is 1. The lowest BCUT2D eigenvalue weighted by molar-refractivity contribution is -0.132. The number of nitrogens with one attached hydrogen (secondary N) is 2. The predicted molar refractivity (Wildman–Crippen MR) is 113 cm³/mol. The highest BCUT2D eigenvalue weighted by molar-refractivity contribution is 5.84. The van der Waals surface area contributed by atoms with Crippen LogP contribution in [0.1, 0.15) is 36.4 Å². The lowest BCUT2D eigenvalue weighted by atomic mass is 9.93. The molecule has 1 fully saturated rings. The number of aryl methyl sites for hydroxylation is 1. The normalized spacial score (nSPS) is 15.3. The minimum Gasteiger partial charge on any atom is -0.361 e. The van der Waals surface area contributed by atoms with Gasteiger partial charge in [-0.3, -0.25) is 4.79 Å². The number of aromatic nitrogens is 2. The zero-order valence-electron chi connectivity index (χ0n) is 16.6. The second-order valence-electron chi connectivity index (χ2n) is 8.08. The van der Waals surface area contributed by atoms with Crippen LogP contribution < -0.4 is 0 Å². The van der Waals surface area contributed by atoms with Crippen LogP contribution in [-0.2, 0) is 11.2 Å². The Hall–Kier alpha value is -3.15. The predicted octanol–water partition coefficient (Wildman–Crippen LogP) is 5.27. The molecule has 30 heavy (non-hydrogen) atoms. The minimum absolute atomic E-state index is 0.127. The van der Waals surface area contributed by atoms with Crippen LogP contribution in [0.3, 0.4) is 0 Å². The summed E-state index contributed by atoms with van der Waals surface area (Å²) in [6.45, 7) is 1.40. The van der Waals surface area contributed by atoms with Gasteiger partial charge in [0.2, 0.25) is 5.91 Å². The molecule has 2 aromatic heterocycles. The Morgan fingerprint density at radius 2 is 1.87 bits per heavy atom. The van der Waals surface area contributed by atoms with Gasteiger partial charge in [-0.2, -0.15) is 0 Å². The number of hydrogen-bond donors (Lipinski definition) is 2. The van der Waals surface area contributed by atoms with Gasteiger partial charge in [0, 0.05) is 59.1 Å². The number of carbonyl (C=O) groups excluding carboxylic acids is 1. The van der Waals surface area contributed by atoms with Gasteiger partial charge < -0.3 is 14.9 Å². The van der Waals surface area contributed by atoms with Crippen molar-refractivity contribution in [1.82, 2.24) is 14.9 Å². The summed E-state index contributed by atoms with van der Waals surface area (Å²) in [5.41, 5.74) is 3.71. The van der Waals surface area contributed by atoms with E-state index in [1.165, 1.54) is 18.2 Å². The zero-order valence-corrected chi connectivity index (χ0v) is 16.6. The second-order valence-corrected chi connectivity index (χ2v) is 8.08. The molecular formula is C24H23F2N3O. The molecular weight excluding hydrogens is 384 g/mol. The van der Waals surface area contributed by atoms with Crippen LogP contribution in [-0.4, -0.2) is 33.9 Å². The van der Waals surface area contributed by atoms with Crippen LogP contribution in [0, 0.1) is 11.6 Å². The quantitative estimate of drug-likeness (QED) is 0.476. The van der Waals surface area contributed by atoms with Crippen molar-refractivity contribution >= 4 is 27.7 Å². The van der Waals surface area contributed by atoms with Gasteiger partial charge in [0.1, 0.15) is 11.6 Å². The summed E-state index contributed by atoms with van der Waals surface area (Å²) in [6.07, 6.45) is 4.57. The zero-order chi connectivity index (χ0) is 20.7. The molecule has 1 saturated heterocycles. The van der Waals surface area contributed by atoms with E-state index < -0.39 is 0 Å². The van der Waals surface area contributed by atoms with Crippen molar-refractivity contribution in [2.75, 3.05) is 13.1 Å². The third-order valence-electron chi connectivity index (χ3n) is 6.26. The van der Waals surface area contributed by atoms with Gasteiger partial charge in [-0.05, 0) is 61.2 Å². The van der Waals surface area contributed by atoms with Gasteiger partial charge >= 0.3 is 0 Å². The largest absolute Gasteiger partial charge is 0.361 e. The summed E-state index contributed by atoms with van der Waals surface area (Å²) < 4.78 is 27.5. The Balaban J connectivity index is 1.20. The Kier molecular flexibility index (Phi) is 4.77. The maximum absolute atomic E-state index is 14.0. The molecule has 0 saturated carbocycles. The monoisotopic (exact) mass is 407 g/mol. The number of hydrogen-bond acceptors (Lipinski definition) is 1. The Morgan fingerprint density at radius 1 is 1.03 bits per heavy atom. The molecule has 3 heterocycles. The van der Waals surface area contributed by atoms with Crippen molar-refractivity contribution in [3.05, 3.63) is 71.6 Å². The number of rotatable bonds is 4. The maximum Gasteiger partial charge on any atom is 0.222 e. The molecule has 0 spiro atoms. The van der Waals surface area contributed by atoms with Crippen LogP contribution in [0.4, 0.5) is 8.78 Å². The topological polar surface area (TPSA) is 51.9 Å². The molecule has 1 aliphatic heterocycles. The molecule has 4 aromatic rings. The van der Waals surface area contributed by atoms with Crippen LogP contribution in [0.25, 0.3) is 21.8 Å². The van der Waals surface area contributed by atoms with Crippen molar-refractivity contribution in [3.8, 4) is 0 Å². The van der Waals surface area contributed by atoms with Crippen molar-refractivity contribution in [3.63, 3.8) is 0 Å². The summed E-state index contributed by atoms with van der Waals surface area (Å²) >= 11 is 0. The van der Waals surface area contributed by atoms with Gasteiger partial charge in [0.05, 0.1) is 0 Å². The van der Waals surface area contributed by atoms with Crippen molar-refractivity contribution < 1.29 is 13.6 Å². The van der Waals surface area contributed by atoms with E-state index in [4.69, 9.17) is 0 Å². The summed E-state index contributed by atoms with van der Waals surface area (Å²) in [7, 11) is 0. The molecule has 6 heteroatoms. The molecule has 1 aliphatic rings. The third kappa shape index (κ3) is 3.47. The van der Waals surface area contributed by atoms with Crippen molar-refractivity contribution in [2.24, 2.45) is 0 Å². The lowest BCUT2D eigenvalue weighted by Crippen LogP contribution is -2.38. The van der Waals surface area contributed by atoms with E-state index >= 15 is 0 Å². The summed E-state index contributed by atoms with van der Waals surface area (Å²) in [5, 5.41) is 1.47. The first-order chi connectivity index (χ1) is 14.6. The summed E-state index contributed by atoms with van der Waals surface area (Å²) in [6, 6.07) is 11.6. The second kappa shape index (κ2) is 7.59. The molecule has 154 valence electrons. The molecule has 2 N–H and O–H groups in total. The van der Waals surface area contributed by atoms with Gasteiger partial charge in [-0.1, -0.05) is 6.07 Å². The first kappa shape index (κ1) is 18.9. The first-order valence-corrected chi connectivity index (χ1v) is 10.4. The van der Waals surface area contributed by atoms with E-state index in [9.17, 15) is 13.6 Å². The van der Waals surface area contributed by atoms with E-state index in [2.05, 4.69) is 9.97 Å². The number of nitrogens with zero attached hydrogens (tertiary/aromatic N) is 1. The number of H-pyrrole nitrogens is 2. The van der Waals surface area contributed by atoms with E-state index in [0.29, 0.717) is 37.2 Å². The van der Waals surface area contributed by atoms with Crippen LogP contribution in [0.5, 0.6) is 0 Å². The Bertz CT molecular complexity index is 1220. The van der Waals surface area contributed by atoms with E-state index in [-0.39, 0.29) is 17.5 Å². The average Bonchev–Trinajstić information content (AvgIpc) is 3.37. The number of aromatic amines is 2. The fourth-order valence-electron chi connectivity index (χ4n) is 4.56. The van der Waals surface area contributed by atoms with Gasteiger partial charge in [0.25, 0.3) is 0 Å². The highest BCUT2D eigenvalue weighted by atomic mass is 19.1. The van der Waals surface area contributed by atoms with Gasteiger partial charge in [-0.25, -0.2) is 8.78 Å². The summed E-state index contributed by atoms with van der Waals surface area (Å²) in [4.78, 5) is 21.1. The molecule has 0 bridgehead atoms. The maximum atomic E-state index is 14.0. The van der Waals surface area contributed by atoms with Crippen LogP contribution >= 0.6 is 0 Å². The highest BCUT2D eigenvalue weighted by Crippen LogP contribution is 2.31. The number of fused-ring (bicyclic) bond motifs is 2. The van der Waals surface area contributed by atoms with Crippen molar-refractivity contribution in [2.45, 2.75) is 31.6 Å². The molecule has 0 radical (unpaired) electrons. The average molecular weight is 407 g/mol. The molecule has 0 atom stereocenters. The van der Waals surface area contributed by atoms with E-state index in [0.717, 1.165) is 40.5 Å². The molecule has 0 aliphatic carbocycles. The fourth-order valence-corrected chi connectivity index (χ4v) is 4.56. The molecule has 1 amide bonds. The van der Waals surface area contributed by atoms with Crippen LogP contribution in [0.2, 0.25) is 0 Å². The van der Waals surface area contributed by atoms with Crippen LogP contribution in [0.15, 0.2) is 48.7 Å². The number of halogens is 2. The molecule has 5 rings (SSSR count). The lowest BCUT2D eigenvalue weighted by Gasteiger charge is -2.31. The standard InChI is InChI=1S/C24H23F2N3O/c25-17-5-6-21-18(12-17)16(14-27-21)4-7-24(30)29-10-8-15(9-11-29)23-13-19-20(26)2-1-3-22(19)28-23/h1-3,5-6,12-15,27-28H,4,7-11H2. The Morgan fingerprint density at radius 3 is 2.67 bits per heavy atom. The highest BCUT2D eigenvalue weighted by Gasteiger charge is 2.25. The first-order valence-electron chi connectivity index (χ1n) is 10.4. The third-order valence-corrected chi connectivity index (χ3v) is 6.26. The number of benzene rings is 2. The number of likely N-dealkylation sites (tertiary alicyclic amines) is 1. The molecule has 0 unspecified atom stereocenters. The molecule has 4 nitrogen and oxygen atoms in total. The van der Waals surface area contributed by atoms with E-state index in [1.807, 2.05) is 23.2 Å². The summed E-state index contributed by atoms with van der Waals surface area (Å²) in [5.74, 6) is -0.0484. The van der Waals surface area contributed by atoms with Gasteiger partial charge in [0.15, 0.2) is 0 Å².